The van der Waals surface area contributed by atoms with Gasteiger partial charge in [0, 0.05) is 45.0 Å². The summed E-state index contributed by atoms with van der Waals surface area (Å²) in [7, 11) is -3.76. The Hall–Kier alpha value is -2.86. The maximum absolute atomic E-state index is 13.2. The molecule has 3 heterocycles. The summed E-state index contributed by atoms with van der Waals surface area (Å²) in [6.45, 7) is 0.705. The van der Waals surface area contributed by atoms with E-state index in [2.05, 4.69) is 4.98 Å². The van der Waals surface area contributed by atoms with Crippen molar-refractivity contribution < 1.29 is 31.5 Å². The number of aromatic nitrogens is 1. The molecule has 8 nitrogen and oxygen atoms in total. The number of piperazine rings is 1. The molecule has 1 unspecified atom stereocenters. The minimum atomic E-state index is -4.46. The van der Waals surface area contributed by atoms with Crippen LogP contribution in [-0.2, 0) is 21.0 Å². The van der Waals surface area contributed by atoms with Gasteiger partial charge >= 0.3 is 12.1 Å². The van der Waals surface area contributed by atoms with Crippen LogP contribution in [0.25, 0.3) is 0 Å². The van der Waals surface area contributed by atoms with Crippen LogP contribution in [0, 0.1) is 0 Å². The summed E-state index contributed by atoms with van der Waals surface area (Å²) < 4.78 is 65.8. The predicted molar refractivity (Wildman–Crippen MR) is 110 cm³/mol. The third-order valence-electron chi connectivity index (χ3n) is 5.73. The molecule has 172 valence electrons. The molecular weight excluding hydrogens is 449 g/mol. The summed E-state index contributed by atoms with van der Waals surface area (Å²) in [5, 5.41) is 9.07. The second-order valence-corrected chi connectivity index (χ2v) is 9.69. The van der Waals surface area contributed by atoms with E-state index in [4.69, 9.17) is 5.11 Å². The Labute approximate surface area is 183 Å². The smallest absolute Gasteiger partial charge is 0.417 e. The molecule has 0 amide bonds. The van der Waals surface area contributed by atoms with Gasteiger partial charge in [-0.3, -0.25) is 4.79 Å². The zero-order valence-electron chi connectivity index (χ0n) is 16.9. The van der Waals surface area contributed by atoms with Crippen molar-refractivity contribution in [1.82, 2.24) is 14.2 Å². The van der Waals surface area contributed by atoms with E-state index in [1.54, 1.807) is 34.2 Å². The molecule has 1 saturated heterocycles. The predicted octanol–water partition coefficient (Wildman–Crippen LogP) is 2.05. The number of carboxylic acid groups (broad SMARTS) is 1. The van der Waals surface area contributed by atoms with Gasteiger partial charge in [0.15, 0.2) is 0 Å². The number of alkyl halides is 3. The van der Waals surface area contributed by atoms with Crippen LogP contribution < -0.4 is 4.90 Å². The zero-order chi connectivity index (χ0) is 23.1. The van der Waals surface area contributed by atoms with Crippen molar-refractivity contribution in [3.05, 3.63) is 58.8 Å². The third kappa shape index (κ3) is 4.37. The lowest BCUT2D eigenvalue weighted by Crippen LogP contribution is -2.49. The van der Waals surface area contributed by atoms with Gasteiger partial charge in [0.05, 0.1) is 16.5 Å². The van der Waals surface area contributed by atoms with E-state index >= 15 is 0 Å². The number of fused-ring (bicyclic) bond motifs is 1. The Kier molecular flexibility index (Phi) is 5.76. The van der Waals surface area contributed by atoms with Crippen LogP contribution in [0.15, 0.2) is 53.2 Å². The highest BCUT2D eigenvalue weighted by Crippen LogP contribution is 2.34. The monoisotopic (exact) mass is 470 g/mol. The molecule has 32 heavy (non-hydrogen) atoms. The summed E-state index contributed by atoms with van der Waals surface area (Å²) >= 11 is 0. The van der Waals surface area contributed by atoms with Crippen molar-refractivity contribution in [2.45, 2.75) is 18.6 Å². The van der Waals surface area contributed by atoms with Gasteiger partial charge in [-0.2, -0.15) is 17.5 Å². The number of hydrogen-bond acceptors (Lipinski definition) is 6. The molecule has 1 fully saturated rings. The minimum absolute atomic E-state index is 0.167. The van der Waals surface area contributed by atoms with Gasteiger partial charge in [-0.15, -0.1) is 0 Å². The normalized spacial score (nSPS) is 21.9. The Morgan fingerprint density at radius 1 is 1.16 bits per heavy atom. The summed E-state index contributed by atoms with van der Waals surface area (Å²) in [6.07, 6.45) is 3.17. The Morgan fingerprint density at radius 2 is 1.88 bits per heavy atom. The van der Waals surface area contributed by atoms with Gasteiger partial charge in [-0.05, 0) is 29.9 Å². The van der Waals surface area contributed by atoms with E-state index in [1.165, 1.54) is 10.4 Å². The number of carbonyl (C=O) groups is 1. The molecule has 3 aliphatic rings. The molecule has 1 aliphatic carbocycles. The molecule has 0 spiro atoms. The van der Waals surface area contributed by atoms with Crippen LogP contribution in [0.5, 0.6) is 0 Å². The molecule has 1 aromatic heterocycles. The highest BCUT2D eigenvalue weighted by atomic mass is 32.2. The first-order valence-corrected chi connectivity index (χ1v) is 11.3. The van der Waals surface area contributed by atoms with Crippen molar-refractivity contribution >= 4 is 21.8 Å². The van der Waals surface area contributed by atoms with E-state index in [0.717, 1.165) is 17.8 Å². The summed E-state index contributed by atoms with van der Waals surface area (Å²) in [4.78, 5) is 18.5. The Bertz CT molecular complexity index is 1090. The average Bonchev–Trinajstić information content (AvgIpc) is 3.15. The molecule has 0 saturated carbocycles. The fourth-order valence-electron chi connectivity index (χ4n) is 4.01. The van der Waals surface area contributed by atoms with Crippen LogP contribution in [-0.4, -0.2) is 72.4 Å². The third-order valence-corrected chi connectivity index (χ3v) is 7.74. The van der Waals surface area contributed by atoms with Gasteiger partial charge in [0.25, 0.3) is 0 Å². The number of rotatable bonds is 5. The van der Waals surface area contributed by atoms with E-state index in [1.807, 2.05) is 0 Å². The van der Waals surface area contributed by atoms with Gasteiger partial charge in [0.1, 0.15) is 12.4 Å². The topological polar surface area (TPSA) is 94.0 Å². The number of allylic oxidation sites excluding steroid dienone is 2. The van der Waals surface area contributed by atoms with Crippen LogP contribution in [0.1, 0.15) is 12.0 Å². The number of pyridine rings is 1. The number of carboxylic acids is 1. The molecule has 1 aromatic rings. The fourth-order valence-corrected chi connectivity index (χ4v) is 5.60. The molecule has 2 aliphatic heterocycles. The van der Waals surface area contributed by atoms with Crippen LogP contribution in [0.3, 0.4) is 0 Å². The number of anilines is 1. The van der Waals surface area contributed by atoms with Gasteiger partial charge in [0.2, 0.25) is 10.0 Å². The maximum Gasteiger partial charge on any atom is 0.417 e. The van der Waals surface area contributed by atoms with E-state index in [9.17, 15) is 26.4 Å². The first-order valence-electron chi connectivity index (χ1n) is 9.90. The number of hydrogen-bond donors (Lipinski definition) is 1. The lowest BCUT2D eigenvalue weighted by Gasteiger charge is -2.36. The minimum Gasteiger partial charge on any atom is -0.480 e. The van der Waals surface area contributed by atoms with Crippen molar-refractivity contribution in [1.29, 1.82) is 0 Å². The van der Waals surface area contributed by atoms with Crippen molar-refractivity contribution in [2.75, 3.05) is 37.6 Å². The highest BCUT2D eigenvalue weighted by molar-refractivity contribution is 7.93. The fraction of sp³-hybridized carbons (Fsp3) is 0.400. The Balaban J connectivity index is 1.41. The number of aliphatic carboxylic acids is 1. The quantitative estimate of drug-likeness (QED) is 0.704. The first-order chi connectivity index (χ1) is 15.1. The first kappa shape index (κ1) is 22.3. The number of halogens is 3. The lowest BCUT2D eigenvalue weighted by molar-refractivity contribution is -0.138. The van der Waals surface area contributed by atoms with Gasteiger partial charge in [-0.25, -0.2) is 13.4 Å². The molecule has 0 aromatic carbocycles. The highest BCUT2D eigenvalue weighted by Gasteiger charge is 2.36. The summed E-state index contributed by atoms with van der Waals surface area (Å²) in [5.41, 5.74) is 0.0286. The Morgan fingerprint density at radius 3 is 2.47 bits per heavy atom. The van der Waals surface area contributed by atoms with E-state index in [-0.39, 0.29) is 37.0 Å². The SMILES string of the molecule is O=C(O)CN1C=CC2=CC=C(S(=O)(=O)N3CCN(c4ccc(C(F)(F)F)cn4)CC3)CC21. The summed E-state index contributed by atoms with van der Waals surface area (Å²) in [5.74, 6) is -0.635. The molecule has 12 heteroatoms. The van der Waals surface area contributed by atoms with Crippen LogP contribution >= 0.6 is 0 Å². The molecule has 0 radical (unpaired) electrons. The van der Waals surface area contributed by atoms with Crippen molar-refractivity contribution in [3.8, 4) is 0 Å². The maximum atomic E-state index is 13.2. The zero-order valence-corrected chi connectivity index (χ0v) is 17.7. The second-order valence-electron chi connectivity index (χ2n) is 7.70. The average molecular weight is 470 g/mol. The second kappa shape index (κ2) is 8.24. The molecular formula is C20H21F3N4O4S. The van der Waals surface area contributed by atoms with Crippen LogP contribution in [0.4, 0.5) is 19.0 Å². The molecule has 0 bridgehead atoms. The van der Waals surface area contributed by atoms with Gasteiger partial charge in [-0.1, -0.05) is 6.08 Å². The molecule has 4 rings (SSSR count). The van der Waals surface area contributed by atoms with E-state index < -0.39 is 27.7 Å². The summed E-state index contributed by atoms with van der Waals surface area (Å²) in [6, 6.07) is 1.91. The van der Waals surface area contributed by atoms with Gasteiger partial charge < -0.3 is 14.9 Å². The number of sulfonamides is 1. The number of nitrogens with zero attached hydrogens (tertiary/aromatic N) is 4. The van der Waals surface area contributed by atoms with E-state index in [0.29, 0.717) is 18.9 Å². The molecule has 1 atom stereocenters. The molecule has 1 N–H and O–H groups in total. The largest absolute Gasteiger partial charge is 0.480 e. The van der Waals surface area contributed by atoms with Crippen molar-refractivity contribution in [3.63, 3.8) is 0 Å². The van der Waals surface area contributed by atoms with Crippen LogP contribution in [0.2, 0.25) is 0 Å². The van der Waals surface area contributed by atoms with Crippen molar-refractivity contribution in [2.24, 2.45) is 0 Å². The standard InChI is InChI=1S/C20H21F3N4O4S/c21-20(22,23)15-2-4-18(24-12-15)25-7-9-27(10-8-25)32(30,31)16-3-1-14-5-6-26(13-19(28)29)17(14)11-16/h1-6,12,17H,7-11,13H2,(H,28,29). The lowest BCUT2D eigenvalue weighted by atomic mass is 10.0.